The Kier molecular flexibility index (Phi) is 3.46. The van der Waals surface area contributed by atoms with E-state index >= 15 is 0 Å². The van der Waals surface area contributed by atoms with E-state index < -0.39 is 0 Å². The first-order valence-electron chi connectivity index (χ1n) is 3.27. The topological polar surface area (TPSA) is 20.2 Å². The maximum absolute atomic E-state index is 9.08. The van der Waals surface area contributed by atoms with Gasteiger partial charge in [-0.25, -0.2) is 0 Å². The first-order valence-corrected chi connectivity index (χ1v) is 4.77. The predicted molar refractivity (Wildman–Crippen MR) is 53.8 cm³/mol. The second kappa shape index (κ2) is 4.39. The van der Waals surface area contributed by atoms with Crippen molar-refractivity contribution in [3.8, 4) is 17.6 Å². The number of phenolic OH excluding ortho intramolecular Hbond substituents is 1. The molecule has 1 nitrogen and oxygen atoms in total. The zero-order valence-electron chi connectivity index (χ0n) is 6.14. The predicted octanol–water partition coefficient (Wildman–Crippen LogP) is 2.79. The smallest absolute Gasteiger partial charge is 0.134 e. The largest absolute Gasteiger partial charge is 0.506 e. The van der Waals surface area contributed by atoms with Crippen LogP contribution in [0.1, 0.15) is 5.56 Å². The highest BCUT2D eigenvalue weighted by atomic mass is 79.9. The van der Waals surface area contributed by atoms with Crippen LogP contribution in [0.25, 0.3) is 0 Å². The van der Waals surface area contributed by atoms with Crippen LogP contribution >= 0.6 is 27.5 Å². The van der Waals surface area contributed by atoms with E-state index in [4.69, 9.17) is 16.7 Å². The molecule has 1 aromatic carbocycles. The first kappa shape index (κ1) is 9.44. The van der Waals surface area contributed by atoms with Gasteiger partial charge in [0.25, 0.3) is 0 Å². The number of hydrogen-bond acceptors (Lipinski definition) is 1. The van der Waals surface area contributed by atoms with Crippen LogP contribution < -0.4 is 0 Å². The average Bonchev–Trinajstić information content (AvgIpc) is 2.07. The quantitative estimate of drug-likeness (QED) is 0.550. The van der Waals surface area contributed by atoms with Gasteiger partial charge < -0.3 is 5.11 Å². The van der Waals surface area contributed by atoms with Crippen LogP contribution in [0.15, 0.2) is 18.2 Å². The van der Waals surface area contributed by atoms with E-state index in [9.17, 15) is 0 Å². The van der Waals surface area contributed by atoms with Gasteiger partial charge in [0.1, 0.15) is 5.75 Å². The molecule has 0 atom stereocenters. The van der Waals surface area contributed by atoms with E-state index in [0.29, 0.717) is 10.4 Å². The SMILES string of the molecule is Oc1ccc(C#CCBr)cc1Cl. The Morgan fingerprint density at radius 2 is 2.25 bits per heavy atom. The van der Waals surface area contributed by atoms with Crippen LogP contribution in [0, 0.1) is 11.8 Å². The van der Waals surface area contributed by atoms with Gasteiger partial charge in [-0.3, -0.25) is 0 Å². The summed E-state index contributed by atoms with van der Waals surface area (Å²) >= 11 is 8.85. The normalized spacial score (nSPS) is 8.83. The maximum atomic E-state index is 9.08. The van der Waals surface area contributed by atoms with Gasteiger partial charge in [0, 0.05) is 5.56 Å². The molecule has 0 aliphatic heterocycles. The fourth-order valence-corrected chi connectivity index (χ4v) is 1.04. The Bertz CT molecular complexity index is 338. The molecule has 0 aliphatic carbocycles. The highest BCUT2D eigenvalue weighted by molar-refractivity contribution is 9.09. The monoisotopic (exact) mass is 244 g/mol. The third kappa shape index (κ3) is 2.44. The van der Waals surface area contributed by atoms with Crippen LogP contribution in [0.5, 0.6) is 5.75 Å². The number of halogens is 2. The summed E-state index contributed by atoms with van der Waals surface area (Å²) in [6, 6.07) is 4.88. The Labute approximate surface area is 84.5 Å². The van der Waals surface area contributed by atoms with Gasteiger partial charge in [-0.15, -0.1) is 0 Å². The molecule has 12 heavy (non-hydrogen) atoms. The molecule has 0 heterocycles. The van der Waals surface area contributed by atoms with Crippen molar-refractivity contribution in [2.45, 2.75) is 0 Å². The molecule has 0 fully saturated rings. The maximum Gasteiger partial charge on any atom is 0.134 e. The molecule has 0 saturated heterocycles. The molecule has 0 bridgehead atoms. The third-order valence-corrected chi connectivity index (χ3v) is 1.83. The van der Waals surface area contributed by atoms with Crippen LogP contribution in [-0.4, -0.2) is 10.4 Å². The van der Waals surface area contributed by atoms with E-state index in [1.54, 1.807) is 12.1 Å². The summed E-state index contributed by atoms with van der Waals surface area (Å²) in [4.78, 5) is 0. The van der Waals surface area contributed by atoms with Crippen molar-refractivity contribution in [2.24, 2.45) is 0 Å². The fraction of sp³-hybridized carbons (Fsp3) is 0.111. The van der Waals surface area contributed by atoms with Crippen molar-refractivity contribution in [1.82, 2.24) is 0 Å². The van der Waals surface area contributed by atoms with Crippen molar-refractivity contribution in [1.29, 1.82) is 0 Å². The zero-order chi connectivity index (χ0) is 8.97. The molecule has 0 aliphatic rings. The van der Waals surface area contributed by atoms with Crippen LogP contribution in [0.3, 0.4) is 0 Å². The molecule has 0 aromatic heterocycles. The number of aromatic hydroxyl groups is 1. The standard InChI is InChI=1S/C9H6BrClO/c10-5-1-2-7-3-4-9(12)8(11)6-7/h3-4,6,12H,5H2. The number of alkyl halides is 1. The lowest BCUT2D eigenvalue weighted by atomic mass is 10.2. The average molecular weight is 246 g/mol. The van der Waals surface area contributed by atoms with E-state index in [-0.39, 0.29) is 5.75 Å². The minimum atomic E-state index is 0.0843. The summed E-state index contributed by atoms with van der Waals surface area (Å²) in [5.41, 5.74) is 0.803. The van der Waals surface area contributed by atoms with Gasteiger partial charge in [-0.2, -0.15) is 0 Å². The lowest BCUT2D eigenvalue weighted by Crippen LogP contribution is -1.74. The molecular weight excluding hydrogens is 239 g/mol. The van der Waals surface area contributed by atoms with Gasteiger partial charge in [0.15, 0.2) is 0 Å². The first-order chi connectivity index (χ1) is 5.74. The fourth-order valence-electron chi connectivity index (χ4n) is 0.720. The van der Waals surface area contributed by atoms with Crippen molar-refractivity contribution in [3.63, 3.8) is 0 Å². The van der Waals surface area contributed by atoms with Crippen LogP contribution in [0.2, 0.25) is 5.02 Å². The molecule has 0 unspecified atom stereocenters. The van der Waals surface area contributed by atoms with E-state index in [1.165, 1.54) is 6.07 Å². The van der Waals surface area contributed by atoms with Gasteiger partial charge >= 0.3 is 0 Å². The summed E-state index contributed by atoms with van der Waals surface area (Å²) in [6.07, 6.45) is 0. The molecule has 0 spiro atoms. The van der Waals surface area contributed by atoms with Crippen molar-refractivity contribution in [3.05, 3.63) is 28.8 Å². The molecule has 0 amide bonds. The molecule has 62 valence electrons. The summed E-state index contributed by atoms with van der Waals surface area (Å²) in [5, 5.41) is 10.0. The van der Waals surface area contributed by atoms with E-state index in [1.807, 2.05) is 0 Å². The molecule has 1 rings (SSSR count). The van der Waals surface area contributed by atoms with E-state index in [0.717, 1.165) is 5.56 Å². The summed E-state index contributed by atoms with van der Waals surface area (Å²) in [6.45, 7) is 0. The molecule has 1 N–H and O–H groups in total. The van der Waals surface area contributed by atoms with Crippen molar-refractivity contribution < 1.29 is 5.11 Å². The minimum Gasteiger partial charge on any atom is -0.506 e. The highest BCUT2D eigenvalue weighted by Gasteiger charge is 1.96. The highest BCUT2D eigenvalue weighted by Crippen LogP contribution is 2.22. The second-order valence-electron chi connectivity index (χ2n) is 2.10. The number of benzene rings is 1. The number of phenols is 1. The number of hydrogen-bond donors (Lipinski definition) is 1. The van der Waals surface area contributed by atoms with Crippen molar-refractivity contribution >= 4 is 27.5 Å². The molecule has 0 saturated carbocycles. The molecule has 1 aromatic rings. The molecule has 0 radical (unpaired) electrons. The Balaban J connectivity index is 2.97. The Hall–Kier alpha value is -0.650. The zero-order valence-corrected chi connectivity index (χ0v) is 8.48. The third-order valence-electron chi connectivity index (χ3n) is 1.25. The second-order valence-corrected chi connectivity index (χ2v) is 3.07. The number of rotatable bonds is 0. The lowest BCUT2D eigenvalue weighted by molar-refractivity contribution is 0.475. The Morgan fingerprint density at radius 1 is 1.50 bits per heavy atom. The van der Waals surface area contributed by atoms with E-state index in [2.05, 4.69) is 27.8 Å². The van der Waals surface area contributed by atoms with Crippen molar-refractivity contribution in [2.75, 3.05) is 5.33 Å². The van der Waals surface area contributed by atoms with Crippen LogP contribution in [-0.2, 0) is 0 Å². The summed E-state index contributed by atoms with van der Waals surface area (Å²) in [7, 11) is 0. The lowest BCUT2D eigenvalue weighted by Gasteiger charge is -1.95. The van der Waals surface area contributed by atoms with Gasteiger partial charge in [-0.1, -0.05) is 39.4 Å². The molecular formula is C9H6BrClO. The summed E-state index contributed by atoms with van der Waals surface area (Å²) < 4.78 is 0. The Morgan fingerprint density at radius 3 is 2.83 bits per heavy atom. The van der Waals surface area contributed by atoms with Gasteiger partial charge in [0.2, 0.25) is 0 Å². The minimum absolute atomic E-state index is 0.0843. The van der Waals surface area contributed by atoms with Crippen LogP contribution in [0.4, 0.5) is 0 Å². The van der Waals surface area contributed by atoms with Gasteiger partial charge in [0.05, 0.1) is 10.4 Å². The summed E-state index contributed by atoms with van der Waals surface area (Å²) in [5.74, 6) is 5.79. The van der Waals surface area contributed by atoms with Gasteiger partial charge in [-0.05, 0) is 18.2 Å². The molecule has 3 heteroatoms.